The van der Waals surface area contributed by atoms with Crippen molar-refractivity contribution in [2.45, 2.75) is 18.7 Å². The molecule has 0 spiro atoms. The molecule has 0 fully saturated rings. The summed E-state index contributed by atoms with van der Waals surface area (Å²) in [4.78, 5) is 4.11. The van der Waals surface area contributed by atoms with Gasteiger partial charge in [-0.25, -0.2) is 17.4 Å². The van der Waals surface area contributed by atoms with Gasteiger partial charge in [0.05, 0.1) is 4.90 Å². The lowest BCUT2D eigenvalue weighted by atomic mass is 10.2. The molecule has 16 heavy (non-hydrogen) atoms. The van der Waals surface area contributed by atoms with Gasteiger partial charge in [0, 0.05) is 12.4 Å². The molecule has 0 amide bonds. The van der Waals surface area contributed by atoms with E-state index in [1.807, 2.05) is 6.07 Å². The number of hydrogen-bond donors (Lipinski definition) is 0. The van der Waals surface area contributed by atoms with Crippen molar-refractivity contribution in [2.75, 3.05) is 0 Å². The van der Waals surface area contributed by atoms with Gasteiger partial charge in [-0.1, -0.05) is 18.2 Å². The zero-order valence-corrected chi connectivity index (χ0v) is 9.90. The van der Waals surface area contributed by atoms with Crippen molar-refractivity contribution in [2.24, 2.45) is 0 Å². The molecule has 0 saturated carbocycles. The quantitative estimate of drug-likeness (QED) is 0.798. The van der Waals surface area contributed by atoms with Crippen molar-refractivity contribution in [3.05, 3.63) is 48.0 Å². The van der Waals surface area contributed by atoms with E-state index in [4.69, 9.17) is 0 Å². The summed E-state index contributed by atoms with van der Waals surface area (Å²) in [5.74, 6) is 0. The number of nitrogens with zero attached hydrogens (tertiary/aromatic N) is 2. The number of hydrogen-bond acceptors (Lipinski definition) is 3. The first-order chi connectivity index (χ1) is 7.53. The van der Waals surface area contributed by atoms with Crippen LogP contribution in [0.2, 0.25) is 0 Å². The third kappa shape index (κ3) is 1.63. The first-order valence-electron chi connectivity index (χ1n) is 4.83. The van der Waals surface area contributed by atoms with Crippen LogP contribution < -0.4 is 0 Å². The number of aryl methyl sites for hydroxylation is 2. The molecule has 0 N–H and O–H groups in total. The van der Waals surface area contributed by atoms with E-state index in [1.165, 1.54) is 18.7 Å². The van der Waals surface area contributed by atoms with Crippen molar-refractivity contribution in [1.29, 1.82) is 0 Å². The third-order valence-corrected chi connectivity index (χ3v) is 4.36. The first-order valence-corrected chi connectivity index (χ1v) is 6.27. The average Bonchev–Trinajstić information content (AvgIpc) is 2.69. The normalized spacial score (nSPS) is 11.6. The highest BCUT2D eigenvalue weighted by molar-refractivity contribution is 7.90. The summed E-state index contributed by atoms with van der Waals surface area (Å²) in [6, 6.07) is 5.42. The fourth-order valence-corrected chi connectivity index (χ4v) is 3.25. The molecule has 0 bridgehead atoms. The van der Waals surface area contributed by atoms with Crippen LogP contribution in [0.25, 0.3) is 0 Å². The van der Waals surface area contributed by atoms with Crippen molar-refractivity contribution >= 4 is 10.0 Å². The minimum absolute atomic E-state index is 0.355. The molecule has 0 unspecified atom stereocenters. The van der Waals surface area contributed by atoms with Crippen LogP contribution in [0.5, 0.6) is 0 Å². The van der Waals surface area contributed by atoms with Gasteiger partial charge in [-0.15, -0.1) is 0 Å². The molecule has 0 atom stereocenters. The van der Waals surface area contributed by atoms with E-state index in [2.05, 4.69) is 4.98 Å². The van der Waals surface area contributed by atoms with E-state index < -0.39 is 10.0 Å². The van der Waals surface area contributed by atoms with Crippen LogP contribution in [0, 0.1) is 13.8 Å². The number of imidazole rings is 1. The Morgan fingerprint density at radius 1 is 1.19 bits per heavy atom. The van der Waals surface area contributed by atoms with E-state index in [0.29, 0.717) is 4.90 Å². The Kier molecular flexibility index (Phi) is 2.55. The molecule has 84 valence electrons. The van der Waals surface area contributed by atoms with Crippen LogP contribution in [0.15, 0.2) is 41.8 Å². The van der Waals surface area contributed by atoms with E-state index in [1.54, 1.807) is 26.0 Å². The topological polar surface area (TPSA) is 52.0 Å². The maximum absolute atomic E-state index is 12.3. The smallest absolute Gasteiger partial charge is 0.244 e. The maximum Gasteiger partial charge on any atom is 0.269 e. The molecule has 1 aromatic heterocycles. The minimum atomic E-state index is -3.50. The predicted octanol–water partition coefficient (Wildman–Crippen LogP) is 1.74. The van der Waals surface area contributed by atoms with E-state index in [0.717, 1.165) is 15.1 Å². The van der Waals surface area contributed by atoms with Crippen molar-refractivity contribution in [3.8, 4) is 0 Å². The first kappa shape index (κ1) is 10.9. The van der Waals surface area contributed by atoms with E-state index in [9.17, 15) is 8.42 Å². The van der Waals surface area contributed by atoms with E-state index >= 15 is 0 Å². The minimum Gasteiger partial charge on any atom is -0.244 e. The van der Waals surface area contributed by atoms with Gasteiger partial charge in [0.2, 0.25) is 0 Å². The third-order valence-electron chi connectivity index (χ3n) is 2.42. The van der Waals surface area contributed by atoms with Gasteiger partial charge in [-0.2, -0.15) is 0 Å². The SMILES string of the molecule is Cc1cccc(C)c1S(=O)(=O)n1ccnc1. The maximum atomic E-state index is 12.3. The van der Waals surface area contributed by atoms with Crippen LogP contribution in [-0.4, -0.2) is 17.4 Å². The van der Waals surface area contributed by atoms with Gasteiger partial charge in [0.1, 0.15) is 6.33 Å². The van der Waals surface area contributed by atoms with Crippen LogP contribution in [0.1, 0.15) is 11.1 Å². The van der Waals surface area contributed by atoms with Crippen molar-refractivity contribution in [3.63, 3.8) is 0 Å². The van der Waals surface area contributed by atoms with Crippen LogP contribution >= 0.6 is 0 Å². The van der Waals surface area contributed by atoms with Crippen LogP contribution in [0.4, 0.5) is 0 Å². The standard InChI is InChI=1S/C11H12N2O2S/c1-9-4-3-5-10(2)11(9)16(14,15)13-7-6-12-8-13/h3-8H,1-2H3. The van der Waals surface area contributed by atoms with Gasteiger partial charge in [-0.05, 0) is 25.0 Å². The van der Waals surface area contributed by atoms with Crippen molar-refractivity contribution < 1.29 is 8.42 Å². The summed E-state index contributed by atoms with van der Waals surface area (Å²) in [5.41, 5.74) is 1.49. The van der Waals surface area contributed by atoms with Gasteiger partial charge in [0.15, 0.2) is 0 Å². The Labute approximate surface area is 94.6 Å². The molecule has 1 aromatic carbocycles. The predicted molar refractivity (Wildman–Crippen MR) is 60.7 cm³/mol. The molecule has 1 heterocycles. The molecule has 0 aliphatic carbocycles. The Morgan fingerprint density at radius 2 is 1.81 bits per heavy atom. The Morgan fingerprint density at radius 3 is 2.31 bits per heavy atom. The number of aromatic nitrogens is 2. The summed E-state index contributed by atoms with van der Waals surface area (Å²) in [7, 11) is -3.50. The fourth-order valence-electron chi connectivity index (χ4n) is 1.70. The highest BCUT2D eigenvalue weighted by atomic mass is 32.2. The second kappa shape index (κ2) is 3.75. The van der Waals surface area contributed by atoms with Crippen LogP contribution in [0.3, 0.4) is 0 Å². The zero-order chi connectivity index (χ0) is 11.8. The van der Waals surface area contributed by atoms with Gasteiger partial charge >= 0.3 is 0 Å². The van der Waals surface area contributed by atoms with E-state index in [-0.39, 0.29) is 0 Å². The zero-order valence-electron chi connectivity index (χ0n) is 9.08. The Balaban J connectivity index is 2.70. The number of benzene rings is 1. The summed E-state index contributed by atoms with van der Waals surface area (Å²) in [6.45, 7) is 3.58. The van der Waals surface area contributed by atoms with Gasteiger partial charge < -0.3 is 0 Å². The summed E-state index contributed by atoms with van der Waals surface area (Å²) in [5, 5.41) is 0. The Hall–Kier alpha value is -1.62. The van der Waals surface area contributed by atoms with Gasteiger partial charge in [0.25, 0.3) is 10.0 Å². The molecule has 0 aliphatic heterocycles. The molecule has 2 rings (SSSR count). The lowest BCUT2D eigenvalue weighted by Crippen LogP contribution is -2.13. The lowest BCUT2D eigenvalue weighted by Gasteiger charge is -2.10. The molecule has 4 nitrogen and oxygen atoms in total. The molecule has 2 aromatic rings. The van der Waals surface area contributed by atoms with Crippen molar-refractivity contribution in [1.82, 2.24) is 8.96 Å². The highest BCUT2D eigenvalue weighted by Gasteiger charge is 2.20. The summed E-state index contributed by atoms with van der Waals surface area (Å²) < 4.78 is 25.6. The molecule has 5 heteroatoms. The van der Waals surface area contributed by atoms with Gasteiger partial charge in [-0.3, -0.25) is 0 Å². The molecular weight excluding hydrogens is 224 g/mol. The molecule has 0 saturated heterocycles. The monoisotopic (exact) mass is 236 g/mol. The fraction of sp³-hybridized carbons (Fsp3) is 0.182. The summed E-state index contributed by atoms with van der Waals surface area (Å²) in [6.07, 6.45) is 4.17. The highest BCUT2D eigenvalue weighted by Crippen LogP contribution is 2.21. The Bertz CT molecular complexity index is 581. The molecular formula is C11H12N2O2S. The molecule has 0 radical (unpaired) electrons. The second-order valence-corrected chi connectivity index (χ2v) is 5.40. The average molecular weight is 236 g/mol. The lowest BCUT2D eigenvalue weighted by molar-refractivity contribution is 0.586. The number of rotatable bonds is 2. The van der Waals surface area contributed by atoms with Crippen LogP contribution in [-0.2, 0) is 10.0 Å². The molecule has 0 aliphatic rings. The summed E-state index contributed by atoms with van der Waals surface area (Å²) >= 11 is 0. The second-order valence-electron chi connectivity index (χ2n) is 3.62. The largest absolute Gasteiger partial charge is 0.269 e.